The fraction of sp³-hybridized carbons (Fsp3) is 0.0714. The van der Waals surface area contributed by atoms with Gasteiger partial charge in [0.1, 0.15) is 17.3 Å². The van der Waals surface area contributed by atoms with Crippen molar-refractivity contribution < 1.29 is 24.1 Å². The Morgan fingerprint density at radius 2 is 1.79 bits per heavy atom. The molecule has 4 nitrogen and oxygen atoms in total. The third-order valence-electron chi connectivity index (χ3n) is 2.61. The van der Waals surface area contributed by atoms with E-state index in [1.54, 1.807) is 6.07 Å². The lowest BCUT2D eigenvalue weighted by atomic mass is 10.0. The Morgan fingerprint density at radius 3 is 2.42 bits per heavy atom. The summed E-state index contributed by atoms with van der Waals surface area (Å²) in [6.45, 7) is 0. The number of aromatic hydroxyl groups is 1. The van der Waals surface area contributed by atoms with Crippen molar-refractivity contribution >= 4 is 5.97 Å². The van der Waals surface area contributed by atoms with E-state index in [-0.39, 0.29) is 11.3 Å². The van der Waals surface area contributed by atoms with Crippen LogP contribution in [0.15, 0.2) is 36.4 Å². The highest BCUT2D eigenvalue weighted by Crippen LogP contribution is 2.30. The first-order chi connectivity index (χ1) is 8.99. The van der Waals surface area contributed by atoms with Crippen molar-refractivity contribution in [1.82, 2.24) is 0 Å². The van der Waals surface area contributed by atoms with Gasteiger partial charge in [-0.2, -0.15) is 0 Å². The molecule has 5 heteroatoms. The van der Waals surface area contributed by atoms with Crippen LogP contribution in [-0.4, -0.2) is 23.3 Å². The molecular weight excluding hydrogens is 251 g/mol. The van der Waals surface area contributed by atoms with Crippen molar-refractivity contribution in [2.45, 2.75) is 0 Å². The maximum Gasteiger partial charge on any atom is 0.335 e. The van der Waals surface area contributed by atoms with E-state index >= 15 is 0 Å². The summed E-state index contributed by atoms with van der Waals surface area (Å²) in [5.41, 5.74) is 0.669. The van der Waals surface area contributed by atoms with Gasteiger partial charge < -0.3 is 14.9 Å². The second kappa shape index (κ2) is 4.97. The quantitative estimate of drug-likeness (QED) is 0.892. The van der Waals surface area contributed by atoms with Crippen molar-refractivity contribution in [2.75, 3.05) is 7.11 Å². The van der Waals surface area contributed by atoms with Gasteiger partial charge >= 0.3 is 5.97 Å². The number of aromatic carboxylic acids is 1. The molecule has 0 bridgehead atoms. The van der Waals surface area contributed by atoms with Crippen LogP contribution in [-0.2, 0) is 0 Å². The van der Waals surface area contributed by atoms with Crippen molar-refractivity contribution in [3.63, 3.8) is 0 Å². The van der Waals surface area contributed by atoms with E-state index in [4.69, 9.17) is 9.84 Å². The van der Waals surface area contributed by atoms with E-state index in [0.717, 1.165) is 6.07 Å². The normalized spacial score (nSPS) is 10.2. The number of benzene rings is 2. The summed E-state index contributed by atoms with van der Waals surface area (Å²) in [4.78, 5) is 10.9. The molecule has 0 amide bonds. The number of carbonyl (C=O) groups is 1. The molecule has 0 radical (unpaired) electrons. The second-order valence-corrected chi connectivity index (χ2v) is 3.95. The SMILES string of the molecule is COc1cc(O)cc(-c2cc(F)cc(C(=O)O)c2)c1. The molecule has 0 aromatic heterocycles. The highest BCUT2D eigenvalue weighted by atomic mass is 19.1. The summed E-state index contributed by atoms with van der Waals surface area (Å²) in [5, 5.41) is 18.4. The van der Waals surface area contributed by atoms with Crippen LogP contribution in [0.5, 0.6) is 11.5 Å². The van der Waals surface area contributed by atoms with Crippen molar-refractivity contribution in [3.05, 3.63) is 47.8 Å². The van der Waals surface area contributed by atoms with Crippen LogP contribution in [0, 0.1) is 5.82 Å². The van der Waals surface area contributed by atoms with E-state index in [2.05, 4.69) is 0 Å². The maximum atomic E-state index is 13.4. The number of phenolic OH excluding ortho intramolecular Hbond substituents is 1. The topological polar surface area (TPSA) is 66.8 Å². The molecule has 0 unspecified atom stereocenters. The Labute approximate surface area is 108 Å². The largest absolute Gasteiger partial charge is 0.508 e. The number of halogens is 1. The standard InChI is InChI=1S/C14H11FO4/c1-19-13-6-9(5-12(16)7-13)8-2-10(14(17)18)4-11(15)3-8/h2-7,16H,1H3,(H,17,18). The molecule has 0 saturated heterocycles. The molecule has 0 heterocycles. The molecule has 2 rings (SSSR count). The lowest BCUT2D eigenvalue weighted by molar-refractivity contribution is 0.0696. The minimum absolute atomic E-state index is 0.0458. The number of carboxylic acids is 1. The van der Waals surface area contributed by atoms with Gasteiger partial charge in [0.15, 0.2) is 0 Å². The first-order valence-corrected chi connectivity index (χ1v) is 5.42. The van der Waals surface area contributed by atoms with Gasteiger partial charge in [-0.25, -0.2) is 9.18 Å². The molecule has 0 atom stereocenters. The predicted octanol–water partition coefficient (Wildman–Crippen LogP) is 2.91. The smallest absolute Gasteiger partial charge is 0.335 e. The Kier molecular flexibility index (Phi) is 3.37. The van der Waals surface area contributed by atoms with E-state index in [9.17, 15) is 14.3 Å². The molecule has 0 spiro atoms. The van der Waals surface area contributed by atoms with Crippen LogP contribution in [0.2, 0.25) is 0 Å². The highest BCUT2D eigenvalue weighted by Gasteiger charge is 2.10. The minimum Gasteiger partial charge on any atom is -0.508 e. The fourth-order valence-corrected chi connectivity index (χ4v) is 1.75. The van der Waals surface area contributed by atoms with Crippen LogP contribution in [0.3, 0.4) is 0 Å². The van der Waals surface area contributed by atoms with Gasteiger partial charge in [0.25, 0.3) is 0 Å². The average molecular weight is 262 g/mol. The summed E-state index contributed by atoms with van der Waals surface area (Å²) >= 11 is 0. The molecule has 0 aliphatic carbocycles. The number of hydrogen-bond acceptors (Lipinski definition) is 3. The Bertz CT molecular complexity index is 637. The zero-order valence-corrected chi connectivity index (χ0v) is 10.1. The first kappa shape index (κ1) is 12.9. The average Bonchev–Trinajstić information content (AvgIpc) is 2.37. The van der Waals surface area contributed by atoms with Gasteiger partial charge in [-0.3, -0.25) is 0 Å². The molecule has 19 heavy (non-hydrogen) atoms. The Morgan fingerprint density at radius 1 is 1.11 bits per heavy atom. The van der Waals surface area contributed by atoms with Crippen molar-refractivity contribution in [3.8, 4) is 22.6 Å². The summed E-state index contributed by atoms with van der Waals surface area (Å²) < 4.78 is 18.4. The molecule has 2 N–H and O–H groups in total. The molecular formula is C14H11FO4. The van der Waals surface area contributed by atoms with E-state index in [1.807, 2.05) is 0 Å². The van der Waals surface area contributed by atoms with Gasteiger partial charge in [0.05, 0.1) is 12.7 Å². The zero-order valence-electron chi connectivity index (χ0n) is 10.1. The number of phenols is 1. The molecule has 0 fully saturated rings. The molecule has 0 aliphatic heterocycles. The Hall–Kier alpha value is -2.56. The number of rotatable bonds is 3. The second-order valence-electron chi connectivity index (χ2n) is 3.95. The summed E-state index contributed by atoms with van der Waals surface area (Å²) in [6, 6.07) is 7.86. The lowest BCUT2D eigenvalue weighted by Crippen LogP contribution is -1.97. The number of methoxy groups -OCH3 is 1. The van der Waals surface area contributed by atoms with Crippen molar-refractivity contribution in [1.29, 1.82) is 0 Å². The fourth-order valence-electron chi connectivity index (χ4n) is 1.75. The third-order valence-corrected chi connectivity index (χ3v) is 2.61. The number of hydrogen-bond donors (Lipinski definition) is 2. The molecule has 2 aromatic carbocycles. The Balaban J connectivity index is 2.58. The molecule has 0 aliphatic rings. The first-order valence-electron chi connectivity index (χ1n) is 5.42. The molecule has 2 aromatic rings. The number of carboxylic acid groups (broad SMARTS) is 1. The van der Waals surface area contributed by atoms with Crippen LogP contribution in [0.1, 0.15) is 10.4 Å². The van der Waals surface area contributed by atoms with Gasteiger partial charge in [0.2, 0.25) is 0 Å². The van der Waals surface area contributed by atoms with Gasteiger partial charge in [-0.05, 0) is 41.5 Å². The van der Waals surface area contributed by atoms with Crippen molar-refractivity contribution in [2.24, 2.45) is 0 Å². The zero-order chi connectivity index (χ0) is 14.0. The van der Waals surface area contributed by atoms with Crippen LogP contribution in [0.4, 0.5) is 4.39 Å². The molecule has 0 saturated carbocycles. The maximum absolute atomic E-state index is 13.4. The van der Waals surface area contributed by atoms with Crippen LogP contribution < -0.4 is 4.74 Å². The summed E-state index contributed by atoms with van der Waals surface area (Å²) in [5.74, 6) is -1.52. The van der Waals surface area contributed by atoms with E-state index < -0.39 is 11.8 Å². The predicted molar refractivity (Wildman–Crippen MR) is 67.0 cm³/mol. The lowest BCUT2D eigenvalue weighted by Gasteiger charge is -2.07. The van der Waals surface area contributed by atoms with E-state index in [0.29, 0.717) is 16.9 Å². The van der Waals surface area contributed by atoms with Gasteiger partial charge in [-0.1, -0.05) is 0 Å². The summed E-state index contributed by atoms with van der Waals surface area (Å²) in [7, 11) is 1.44. The monoisotopic (exact) mass is 262 g/mol. The van der Waals surface area contributed by atoms with Gasteiger partial charge in [-0.15, -0.1) is 0 Å². The van der Waals surface area contributed by atoms with Crippen LogP contribution >= 0.6 is 0 Å². The van der Waals surface area contributed by atoms with Gasteiger partial charge in [0, 0.05) is 6.07 Å². The summed E-state index contributed by atoms with van der Waals surface area (Å²) in [6.07, 6.45) is 0. The number of ether oxygens (including phenoxy) is 1. The molecule has 98 valence electrons. The van der Waals surface area contributed by atoms with Crippen LogP contribution in [0.25, 0.3) is 11.1 Å². The third kappa shape index (κ3) is 2.82. The minimum atomic E-state index is -1.21. The van der Waals surface area contributed by atoms with E-state index in [1.165, 1.54) is 31.4 Å². The highest BCUT2D eigenvalue weighted by molar-refractivity contribution is 5.89.